The lowest BCUT2D eigenvalue weighted by atomic mass is 10.1. The fourth-order valence-corrected chi connectivity index (χ4v) is 3.46. The Labute approximate surface area is 155 Å². The Balaban J connectivity index is 1.63. The maximum Gasteiger partial charge on any atom is 0.327 e. The third-order valence-electron chi connectivity index (χ3n) is 4.33. The number of likely N-dealkylation sites (N-methyl/N-ethyl adjacent to an activating group) is 1. The summed E-state index contributed by atoms with van der Waals surface area (Å²) in [5, 5.41) is 0.830. The number of rotatable bonds is 3. The predicted molar refractivity (Wildman–Crippen MR) is 98.5 cm³/mol. The van der Waals surface area contributed by atoms with E-state index in [1.54, 1.807) is 25.2 Å². The molecule has 0 aromatic heterocycles. The highest BCUT2D eigenvalue weighted by Crippen LogP contribution is 2.34. The number of hydrogen-bond donors (Lipinski definition) is 2. The van der Waals surface area contributed by atoms with Crippen molar-refractivity contribution in [3.8, 4) is 0 Å². The molecule has 0 fully saturated rings. The summed E-state index contributed by atoms with van der Waals surface area (Å²) < 4.78 is 0. The van der Waals surface area contributed by atoms with Crippen molar-refractivity contribution in [1.82, 2.24) is 10.3 Å². The number of nitrogens with zero attached hydrogens (tertiary/aromatic N) is 1. The van der Waals surface area contributed by atoms with Crippen molar-refractivity contribution in [2.45, 2.75) is 18.9 Å². The summed E-state index contributed by atoms with van der Waals surface area (Å²) in [6.45, 7) is 0. The molecule has 0 saturated carbocycles. The summed E-state index contributed by atoms with van der Waals surface area (Å²) >= 11 is 11.8. The van der Waals surface area contributed by atoms with E-state index in [0.29, 0.717) is 15.7 Å². The van der Waals surface area contributed by atoms with Gasteiger partial charge in [-0.2, -0.15) is 0 Å². The molecule has 2 aromatic rings. The SMILES string of the molecule is CN(C(=O)C(=O)NNc1ccc(Cl)cc1Cl)[C@H]1CCc2ccccc21. The lowest BCUT2D eigenvalue weighted by Gasteiger charge is -2.25. The van der Waals surface area contributed by atoms with Gasteiger partial charge in [0.05, 0.1) is 16.8 Å². The highest BCUT2D eigenvalue weighted by atomic mass is 35.5. The molecule has 0 bridgehead atoms. The molecule has 1 aliphatic rings. The molecule has 2 aromatic carbocycles. The van der Waals surface area contributed by atoms with Gasteiger partial charge in [-0.15, -0.1) is 0 Å². The van der Waals surface area contributed by atoms with Gasteiger partial charge in [-0.1, -0.05) is 47.5 Å². The summed E-state index contributed by atoms with van der Waals surface area (Å²) in [7, 11) is 1.64. The second-order valence-electron chi connectivity index (χ2n) is 5.87. The smallest absolute Gasteiger partial charge is 0.327 e. The molecule has 0 aliphatic heterocycles. The van der Waals surface area contributed by atoms with Crippen LogP contribution in [-0.4, -0.2) is 23.8 Å². The van der Waals surface area contributed by atoms with Crippen molar-refractivity contribution in [1.29, 1.82) is 0 Å². The van der Waals surface area contributed by atoms with Gasteiger partial charge in [0, 0.05) is 12.1 Å². The Hall–Kier alpha value is -2.24. The summed E-state index contributed by atoms with van der Waals surface area (Å²) in [6.07, 6.45) is 1.71. The van der Waals surface area contributed by atoms with Gasteiger partial charge < -0.3 is 4.90 Å². The van der Waals surface area contributed by atoms with Crippen LogP contribution in [0.4, 0.5) is 5.69 Å². The van der Waals surface area contributed by atoms with Gasteiger partial charge in [0.2, 0.25) is 0 Å². The molecule has 130 valence electrons. The van der Waals surface area contributed by atoms with E-state index >= 15 is 0 Å². The van der Waals surface area contributed by atoms with Crippen LogP contribution < -0.4 is 10.9 Å². The van der Waals surface area contributed by atoms with Crippen LogP contribution in [0.15, 0.2) is 42.5 Å². The number of carbonyl (C=O) groups excluding carboxylic acids is 2. The maximum absolute atomic E-state index is 12.4. The van der Waals surface area contributed by atoms with Gasteiger partial charge in [-0.25, -0.2) is 0 Å². The molecule has 0 saturated heterocycles. The molecule has 0 radical (unpaired) electrons. The van der Waals surface area contributed by atoms with Crippen molar-refractivity contribution < 1.29 is 9.59 Å². The van der Waals surface area contributed by atoms with Crippen LogP contribution in [0, 0.1) is 0 Å². The van der Waals surface area contributed by atoms with E-state index in [2.05, 4.69) is 16.9 Å². The zero-order valence-electron chi connectivity index (χ0n) is 13.6. The fourth-order valence-electron chi connectivity index (χ4n) is 3.01. The van der Waals surface area contributed by atoms with E-state index < -0.39 is 11.8 Å². The first-order valence-corrected chi connectivity index (χ1v) is 8.59. The summed E-state index contributed by atoms with van der Waals surface area (Å²) in [5.41, 5.74) is 7.80. The van der Waals surface area contributed by atoms with Crippen LogP contribution in [0.5, 0.6) is 0 Å². The second kappa shape index (κ2) is 7.33. The lowest BCUT2D eigenvalue weighted by Crippen LogP contribution is -2.44. The lowest BCUT2D eigenvalue weighted by molar-refractivity contribution is -0.146. The third kappa shape index (κ3) is 3.72. The Morgan fingerprint density at radius 1 is 1.16 bits per heavy atom. The first kappa shape index (κ1) is 17.6. The van der Waals surface area contributed by atoms with E-state index in [0.717, 1.165) is 18.4 Å². The predicted octanol–water partition coefficient (Wildman–Crippen LogP) is 3.58. The van der Waals surface area contributed by atoms with Crippen LogP contribution in [-0.2, 0) is 16.0 Å². The topological polar surface area (TPSA) is 61.4 Å². The number of benzene rings is 2. The summed E-state index contributed by atoms with van der Waals surface area (Å²) in [5.74, 6) is -1.36. The molecule has 1 atom stereocenters. The molecule has 7 heteroatoms. The quantitative estimate of drug-likeness (QED) is 0.634. The van der Waals surface area contributed by atoms with Gasteiger partial charge in [0.1, 0.15) is 0 Å². The molecule has 2 amide bonds. The first-order valence-electron chi connectivity index (χ1n) is 7.83. The molecule has 1 aliphatic carbocycles. The van der Waals surface area contributed by atoms with Crippen molar-refractivity contribution in [3.05, 3.63) is 63.6 Å². The molecular weight excluding hydrogens is 361 g/mol. The van der Waals surface area contributed by atoms with E-state index in [9.17, 15) is 9.59 Å². The van der Waals surface area contributed by atoms with Crippen LogP contribution in [0.1, 0.15) is 23.6 Å². The zero-order chi connectivity index (χ0) is 18.0. The number of hydrazine groups is 1. The van der Waals surface area contributed by atoms with Crippen molar-refractivity contribution in [2.75, 3.05) is 12.5 Å². The Morgan fingerprint density at radius 2 is 1.92 bits per heavy atom. The largest absolute Gasteiger partial charge is 0.330 e. The van der Waals surface area contributed by atoms with Gasteiger partial charge >= 0.3 is 11.8 Å². The third-order valence-corrected chi connectivity index (χ3v) is 4.87. The molecule has 0 unspecified atom stereocenters. The number of carbonyl (C=O) groups is 2. The number of aryl methyl sites for hydroxylation is 1. The van der Waals surface area contributed by atoms with Crippen molar-refractivity contribution in [3.63, 3.8) is 0 Å². The number of halogens is 2. The van der Waals surface area contributed by atoms with E-state index in [4.69, 9.17) is 23.2 Å². The molecular formula is C18H17Cl2N3O2. The molecule has 0 heterocycles. The Morgan fingerprint density at radius 3 is 2.68 bits per heavy atom. The maximum atomic E-state index is 12.4. The van der Waals surface area contributed by atoms with Crippen molar-refractivity contribution >= 4 is 40.7 Å². The van der Waals surface area contributed by atoms with E-state index in [1.807, 2.05) is 18.2 Å². The summed E-state index contributed by atoms with van der Waals surface area (Å²) in [4.78, 5) is 26.1. The number of hydrogen-bond acceptors (Lipinski definition) is 3. The standard InChI is InChI=1S/C18H17Cl2N3O2/c1-23(16-9-6-11-4-2-3-5-13(11)16)18(25)17(24)22-21-15-8-7-12(19)10-14(15)20/h2-5,7-8,10,16,21H,6,9H2,1H3,(H,22,24)/t16-/m0/s1. The molecule has 2 N–H and O–H groups in total. The second-order valence-corrected chi connectivity index (χ2v) is 6.72. The Bertz CT molecular complexity index is 826. The molecule has 0 spiro atoms. The normalized spacial score (nSPS) is 15.4. The average Bonchev–Trinajstić information content (AvgIpc) is 3.03. The number of nitrogens with one attached hydrogen (secondary N) is 2. The molecule has 25 heavy (non-hydrogen) atoms. The van der Waals surface area contributed by atoms with Gasteiger partial charge in [0.25, 0.3) is 0 Å². The summed E-state index contributed by atoms with van der Waals surface area (Å²) in [6, 6.07) is 12.7. The first-order chi connectivity index (χ1) is 12.0. The van der Waals surface area contributed by atoms with Crippen LogP contribution in [0.25, 0.3) is 0 Å². The molecule has 5 nitrogen and oxygen atoms in total. The average molecular weight is 378 g/mol. The minimum atomic E-state index is -0.752. The number of fused-ring (bicyclic) bond motifs is 1. The fraction of sp³-hybridized carbons (Fsp3) is 0.222. The van der Waals surface area contributed by atoms with Gasteiger partial charge in [-0.3, -0.25) is 20.4 Å². The number of amides is 2. The van der Waals surface area contributed by atoms with Crippen molar-refractivity contribution in [2.24, 2.45) is 0 Å². The van der Waals surface area contributed by atoms with Crippen LogP contribution >= 0.6 is 23.2 Å². The van der Waals surface area contributed by atoms with Gasteiger partial charge in [-0.05, 0) is 42.2 Å². The Kier molecular flexibility index (Phi) is 5.16. The van der Waals surface area contributed by atoms with E-state index in [-0.39, 0.29) is 6.04 Å². The van der Waals surface area contributed by atoms with Gasteiger partial charge in [0.15, 0.2) is 0 Å². The monoisotopic (exact) mass is 377 g/mol. The highest BCUT2D eigenvalue weighted by Gasteiger charge is 2.31. The van der Waals surface area contributed by atoms with Crippen LogP contribution in [0.3, 0.4) is 0 Å². The zero-order valence-corrected chi connectivity index (χ0v) is 15.1. The number of anilines is 1. The highest BCUT2D eigenvalue weighted by molar-refractivity contribution is 6.37. The minimum Gasteiger partial charge on any atom is -0.330 e. The van der Waals surface area contributed by atoms with E-state index in [1.165, 1.54) is 10.5 Å². The molecule has 3 rings (SSSR count). The minimum absolute atomic E-state index is 0.0893. The van der Waals surface area contributed by atoms with Crippen LogP contribution in [0.2, 0.25) is 10.0 Å².